The van der Waals surface area contributed by atoms with E-state index in [-0.39, 0.29) is 11.9 Å². The number of amides is 1. The van der Waals surface area contributed by atoms with Gasteiger partial charge in [-0.15, -0.1) is 0 Å². The molecule has 1 rings (SSSR count). The summed E-state index contributed by atoms with van der Waals surface area (Å²) in [5.41, 5.74) is 7.16. The van der Waals surface area contributed by atoms with Gasteiger partial charge in [0.2, 0.25) is 5.91 Å². The van der Waals surface area contributed by atoms with Gasteiger partial charge in [0.1, 0.15) is 0 Å². The first-order chi connectivity index (χ1) is 9.81. The van der Waals surface area contributed by atoms with Crippen molar-refractivity contribution < 1.29 is 4.79 Å². The smallest absolute Gasteiger partial charge is 0.241 e. The second-order valence-electron chi connectivity index (χ2n) is 6.49. The van der Waals surface area contributed by atoms with Crippen LogP contribution in [0.3, 0.4) is 0 Å². The Hall–Kier alpha value is -1.55. The van der Waals surface area contributed by atoms with E-state index in [2.05, 4.69) is 37.9 Å². The van der Waals surface area contributed by atoms with Crippen LogP contribution in [0.25, 0.3) is 0 Å². The van der Waals surface area contributed by atoms with Crippen LogP contribution in [0, 0.1) is 11.8 Å². The van der Waals surface area contributed by atoms with Crippen LogP contribution in [-0.2, 0) is 4.79 Å². The average molecular weight is 291 g/mol. The summed E-state index contributed by atoms with van der Waals surface area (Å²) in [4.78, 5) is 14.7. The van der Waals surface area contributed by atoms with Gasteiger partial charge in [-0.2, -0.15) is 0 Å². The number of anilines is 2. The summed E-state index contributed by atoms with van der Waals surface area (Å²) < 4.78 is 0. The zero-order chi connectivity index (χ0) is 16.0. The number of nitrogen functional groups attached to an aromatic ring is 1. The van der Waals surface area contributed by atoms with Crippen molar-refractivity contribution in [1.29, 1.82) is 0 Å². The highest BCUT2D eigenvalue weighted by molar-refractivity contribution is 5.97. The lowest BCUT2D eigenvalue weighted by atomic mass is 10.1. The molecule has 0 saturated carbocycles. The average Bonchev–Trinajstić information content (AvgIpc) is 2.38. The fraction of sp³-hybridized carbons (Fsp3) is 0.588. The molecule has 1 aromatic carbocycles. The van der Waals surface area contributed by atoms with Gasteiger partial charge in [-0.05, 0) is 30.9 Å². The lowest BCUT2D eigenvalue weighted by Gasteiger charge is -2.31. The molecule has 0 saturated heterocycles. The lowest BCUT2D eigenvalue weighted by Crippen LogP contribution is -2.45. The number of hydrogen-bond donors (Lipinski definition) is 2. The summed E-state index contributed by atoms with van der Waals surface area (Å²) in [5.74, 6) is 1.05. The summed E-state index contributed by atoms with van der Waals surface area (Å²) in [6.07, 6.45) is 0. The van der Waals surface area contributed by atoms with Crippen LogP contribution in [0.5, 0.6) is 0 Å². The van der Waals surface area contributed by atoms with E-state index < -0.39 is 0 Å². The summed E-state index contributed by atoms with van der Waals surface area (Å²) in [7, 11) is 0. The number of para-hydroxylation sites is 2. The first-order valence-electron chi connectivity index (χ1n) is 7.70. The fourth-order valence-corrected chi connectivity index (χ4v) is 2.34. The maximum Gasteiger partial charge on any atom is 0.241 e. The number of carbonyl (C=O) groups excluding carboxylic acids is 1. The van der Waals surface area contributed by atoms with Crippen LogP contribution in [0.15, 0.2) is 24.3 Å². The van der Waals surface area contributed by atoms with E-state index in [1.165, 1.54) is 0 Å². The summed E-state index contributed by atoms with van der Waals surface area (Å²) >= 11 is 0. The van der Waals surface area contributed by atoms with Gasteiger partial charge in [0.15, 0.2) is 0 Å². The number of nitrogens with one attached hydrogen (secondary N) is 1. The zero-order valence-corrected chi connectivity index (χ0v) is 13.9. The van der Waals surface area contributed by atoms with Crippen LogP contribution in [0.2, 0.25) is 0 Å². The van der Waals surface area contributed by atoms with Gasteiger partial charge in [-0.3, -0.25) is 9.69 Å². The number of hydrogen-bond acceptors (Lipinski definition) is 3. The molecule has 1 aromatic rings. The predicted molar refractivity (Wildman–Crippen MR) is 90.2 cm³/mol. The topological polar surface area (TPSA) is 58.4 Å². The minimum atomic E-state index is -0.172. The molecule has 0 aliphatic heterocycles. The number of carbonyl (C=O) groups is 1. The molecular formula is C17H29N3O. The highest BCUT2D eigenvalue weighted by atomic mass is 16.2. The normalized spacial score (nSPS) is 13.0. The molecule has 4 heteroatoms. The number of nitrogens with zero attached hydrogens (tertiary/aromatic N) is 1. The molecule has 21 heavy (non-hydrogen) atoms. The molecule has 0 aliphatic rings. The van der Waals surface area contributed by atoms with Crippen molar-refractivity contribution in [3.63, 3.8) is 0 Å². The molecule has 3 N–H and O–H groups in total. The van der Waals surface area contributed by atoms with E-state index in [1.807, 2.05) is 25.1 Å². The maximum absolute atomic E-state index is 12.5. The van der Waals surface area contributed by atoms with Gasteiger partial charge >= 0.3 is 0 Å². The van der Waals surface area contributed by atoms with Crippen LogP contribution in [-0.4, -0.2) is 29.9 Å². The molecule has 0 fully saturated rings. The zero-order valence-electron chi connectivity index (χ0n) is 13.9. The van der Waals surface area contributed by atoms with Gasteiger partial charge < -0.3 is 11.1 Å². The van der Waals surface area contributed by atoms with Gasteiger partial charge in [-0.1, -0.05) is 39.8 Å². The van der Waals surface area contributed by atoms with Crippen LogP contribution in [0.1, 0.15) is 34.6 Å². The summed E-state index contributed by atoms with van der Waals surface area (Å²) in [6, 6.07) is 7.18. The molecule has 0 bridgehead atoms. The van der Waals surface area contributed by atoms with E-state index >= 15 is 0 Å². The monoisotopic (exact) mass is 291 g/mol. The lowest BCUT2D eigenvalue weighted by molar-refractivity contribution is -0.121. The molecular weight excluding hydrogens is 262 g/mol. The first-order valence-corrected chi connectivity index (χ1v) is 7.70. The Balaban J connectivity index is 2.75. The standard InChI is InChI=1S/C17H29N3O/c1-12(2)10-20(11-13(3)4)14(5)17(21)19-16-9-7-6-8-15(16)18/h6-9,12-14H,10-11,18H2,1-5H3,(H,19,21). The molecule has 0 aliphatic carbocycles. The van der Waals surface area contributed by atoms with Crippen LogP contribution < -0.4 is 11.1 Å². The minimum Gasteiger partial charge on any atom is -0.397 e. The minimum absolute atomic E-state index is 0.00537. The van der Waals surface area contributed by atoms with Gasteiger partial charge in [-0.25, -0.2) is 0 Å². The second-order valence-corrected chi connectivity index (χ2v) is 6.49. The van der Waals surface area contributed by atoms with E-state index in [1.54, 1.807) is 6.07 Å². The Morgan fingerprint density at radius 1 is 1.10 bits per heavy atom. The third-order valence-corrected chi connectivity index (χ3v) is 3.35. The molecule has 1 unspecified atom stereocenters. The van der Waals surface area contributed by atoms with Crippen molar-refractivity contribution in [2.75, 3.05) is 24.1 Å². The Morgan fingerprint density at radius 3 is 2.10 bits per heavy atom. The fourth-order valence-electron chi connectivity index (χ4n) is 2.34. The molecule has 118 valence electrons. The van der Waals surface area contributed by atoms with Crippen LogP contribution >= 0.6 is 0 Å². The highest BCUT2D eigenvalue weighted by Crippen LogP contribution is 2.18. The number of benzene rings is 1. The molecule has 1 amide bonds. The van der Waals surface area contributed by atoms with E-state index in [4.69, 9.17) is 5.73 Å². The van der Waals surface area contributed by atoms with Crippen molar-refractivity contribution in [1.82, 2.24) is 4.90 Å². The highest BCUT2D eigenvalue weighted by Gasteiger charge is 2.23. The maximum atomic E-state index is 12.5. The Kier molecular flexibility index (Phi) is 6.69. The molecule has 0 aromatic heterocycles. The molecule has 4 nitrogen and oxygen atoms in total. The van der Waals surface area contributed by atoms with E-state index in [9.17, 15) is 4.79 Å². The summed E-state index contributed by atoms with van der Waals surface area (Å²) in [6.45, 7) is 12.5. The van der Waals surface area contributed by atoms with Crippen LogP contribution in [0.4, 0.5) is 11.4 Å². The summed E-state index contributed by atoms with van der Waals surface area (Å²) in [5, 5.41) is 2.93. The molecule has 0 spiro atoms. The molecule has 0 heterocycles. The third kappa shape index (κ3) is 5.76. The predicted octanol–water partition coefficient (Wildman–Crippen LogP) is 3.21. The third-order valence-electron chi connectivity index (χ3n) is 3.35. The number of nitrogens with two attached hydrogens (primary N) is 1. The van der Waals surface area contributed by atoms with Crippen molar-refractivity contribution in [3.05, 3.63) is 24.3 Å². The molecule has 1 atom stereocenters. The quantitative estimate of drug-likeness (QED) is 0.758. The molecule has 0 radical (unpaired) electrons. The van der Waals surface area contributed by atoms with Crippen molar-refractivity contribution >= 4 is 17.3 Å². The Labute approximate surface area is 128 Å². The van der Waals surface area contributed by atoms with Gasteiger partial charge in [0.05, 0.1) is 17.4 Å². The Morgan fingerprint density at radius 2 is 1.62 bits per heavy atom. The van der Waals surface area contributed by atoms with Gasteiger partial charge in [0, 0.05) is 13.1 Å². The van der Waals surface area contributed by atoms with Crippen molar-refractivity contribution in [3.8, 4) is 0 Å². The largest absolute Gasteiger partial charge is 0.397 e. The van der Waals surface area contributed by atoms with E-state index in [0.29, 0.717) is 23.2 Å². The SMILES string of the molecule is CC(C)CN(CC(C)C)C(C)C(=O)Nc1ccccc1N. The second kappa shape index (κ2) is 8.03. The number of rotatable bonds is 7. The van der Waals surface area contributed by atoms with Gasteiger partial charge in [0.25, 0.3) is 0 Å². The first kappa shape index (κ1) is 17.5. The Bertz CT molecular complexity index is 447. The van der Waals surface area contributed by atoms with Crippen molar-refractivity contribution in [2.45, 2.75) is 40.7 Å². The van der Waals surface area contributed by atoms with Crippen molar-refractivity contribution in [2.24, 2.45) is 11.8 Å². The van der Waals surface area contributed by atoms with E-state index in [0.717, 1.165) is 13.1 Å².